The molecular weight excluding hydrogens is 926 g/mol. The molecule has 25 nitrogen and oxygen atoms in total. The van der Waals surface area contributed by atoms with Gasteiger partial charge >= 0.3 is 0 Å². The molecule has 2 amide bonds. The molecule has 4 rings (SSSR count). The number of nitrogens with one attached hydrogen (secondary N) is 5. The number of nitrogens with zero attached hydrogens (tertiary/aromatic N) is 6. The summed E-state index contributed by atoms with van der Waals surface area (Å²) in [4.78, 5) is 34.6. The Labute approximate surface area is 402 Å². The molecule has 0 fully saturated rings. The maximum absolute atomic E-state index is 13.2. The molecule has 0 radical (unpaired) electrons. The van der Waals surface area contributed by atoms with Crippen molar-refractivity contribution in [1.29, 1.82) is 5.41 Å². The second-order valence-corrected chi connectivity index (χ2v) is 16.9. The van der Waals surface area contributed by atoms with Crippen molar-refractivity contribution in [1.82, 2.24) is 51.4 Å². The van der Waals surface area contributed by atoms with Crippen LogP contribution in [-0.2, 0) is 17.6 Å². The maximum atomic E-state index is 13.2. The number of carbonyl (C=O) groups is 2. The number of unbranched alkanes of at least 4 members (excludes halogenated alkanes) is 2. The van der Waals surface area contributed by atoms with Crippen LogP contribution in [0.15, 0.2) is 48.5 Å². The summed E-state index contributed by atoms with van der Waals surface area (Å²) in [5.74, 6) is -1.22. The summed E-state index contributed by atoms with van der Waals surface area (Å²) < 4.78 is 0. The number of guanidine groups is 1. The molecule has 0 bridgehead atoms. The van der Waals surface area contributed by atoms with E-state index < -0.39 is 87.1 Å². The fourth-order valence-electron chi connectivity index (χ4n) is 7.15. The Kier molecular flexibility index (Phi) is 22.9. The van der Waals surface area contributed by atoms with Crippen molar-refractivity contribution in [3.63, 3.8) is 0 Å². The van der Waals surface area contributed by atoms with Crippen LogP contribution in [0, 0.1) is 5.41 Å². The van der Waals surface area contributed by atoms with Gasteiger partial charge in [-0.2, -0.15) is 0 Å². The first-order valence-corrected chi connectivity index (χ1v) is 22.6. The Balaban J connectivity index is 1.22. The predicted octanol–water partition coefficient (Wildman–Crippen LogP) is -3.11. The number of aliphatic hydroxyl groups excluding tert-OH is 10. The number of halogens is 1. The number of amides is 2. The van der Waals surface area contributed by atoms with Crippen LogP contribution in [0.2, 0.25) is 5.15 Å². The van der Waals surface area contributed by atoms with Crippen molar-refractivity contribution in [3.8, 4) is 11.1 Å². The van der Waals surface area contributed by atoms with Gasteiger partial charge in [-0.05, 0) is 84.2 Å². The number of aromatic amines is 1. The lowest BCUT2D eigenvalue weighted by Gasteiger charge is -2.33. The van der Waals surface area contributed by atoms with E-state index in [-0.39, 0.29) is 47.3 Å². The normalized spacial score (nSPS) is 15.6. The summed E-state index contributed by atoms with van der Waals surface area (Å²) >= 11 is 5.83. The highest BCUT2D eigenvalue weighted by molar-refractivity contribution is 6.31. The third-order valence-corrected chi connectivity index (χ3v) is 11.5. The van der Waals surface area contributed by atoms with Crippen LogP contribution >= 0.6 is 11.6 Å². The van der Waals surface area contributed by atoms with Gasteiger partial charge in [0, 0.05) is 26.1 Å². The molecule has 0 saturated heterocycles. The molecule has 380 valence electrons. The van der Waals surface area contributed by atoms with Crippen LogP contribution in [0.3, 0.4) is 0 Å². The fraction of sp³-hybridized carbons (Fsp3) is 0.535. The first kappa shape index (κ1) is 56.0. The number of anilines is 2. The minimum absolute atomic E-state index is 0.104. The Morgan fingerprint density at radius 1 is 0.725 bits per heavy atom. The van der Waals surface area contributed by atoms with Gasteiger partial charge in [0.15, 0.2) is 34.3 Å². The molecule has 69 heavy (non-hydrogen) atoms. The standard InChI is InChI=1S/C43H64ClN13O12/c44-38-40(46)51-39(45)33(50-38)42(69)52-43(47)48-17-3-1-5-23-7-12-25(13-8-23)26-14-9-24(10-15-26)11-16-32(64)49-27(41-53-55-56-54-41)6-2-4-18-57(19-28(60)34(65)36(67)30(62)21-58)20-29(61)35(66)37(68)31(63)22-59/h7-10,12-15,27-31,34-37,58-63,65-68H,1-6,11,16-22H2,(H,49,64)(H4,45,46,51)(H3,47,48,52,69)(H,53,54,55,56). The Morgan fingerprint density at radius 3 is 1.81 bits per heavy atom. The molecule has 19 N–H and O–H groups in total. The Bertz CT molecular complexity index is 2150. The Morgan fingerprint density at radius 2 is 1.28 bits per heavy atom. The molecule has 0 aliphatic heterocycles. The van der Waals surface area contributed by atoms with Crippen LogP contribution in [0.4, 0.5) is 11.6 Å². The van der Waals surface area contributed by atoms with Crippen LogP contribution < -0.4 is 27.4 Å². The van der Waals surface area contributed by atoms with Gasteiger partial charge in [-0.15, -0.1) is 5.10 Å². The highest BCUT2D eigenvalue weighted by Crippen LogP contribution is 2.23. The zero-order chi connectivity index (χ0) is 50.6. The van der Waals surface area contributed by atoms with Gasteiger partial charge < -0.3 is 73.2 Å². The smallest absolute Gasteiger partial charge is 0.280 e. The highest BCUT2D eigenvalue weighted by Gasteiger charge is 2.34. The van der Waals surface area contributed by atoms with Crippen molar-refractivity contribution in [2.45, 2.75) is 106 Å². The lowest BCUT2D eigenvalue weighted by atomic mass is 9.99. The lowest BCUT2D eigenvalue weighted by Crippen LogP contribution is -2.53. The molecule has 0 aliphatic carbocycles. The van der Waals surface area contributed by atoms with Crippen molar-refractivity contribution in [2.24, 2.45) is 0 Å². The maximum Gasteiger partial charge on any atom is 0.280 e. The number of hydrogen-bond donors (Lipinski definition) is 17. The average Bonchev–Trinajstić information content (AvgIpc) is 3.89. The number of H-pyrrole nitrogens is 1. The number of nitrogens with two attached hydrogens (primary N) is 2. The van der Waals surface area contributed by atoms with Crippen LogP contribution in [-0.4, -0.2) is 193 Å². The van der Waals surface area contributed by atoms with E-state index >= 15 is 0 Å². The molecule has 2 aromatic heterocycles. The van der Waals surface area contributed by atoms with Gasteiger partial charge in [-0.3, -0.25) is 25.2 Å². The third kappa shape index (κ3) is 17.7. The molecule has 0 spiro atoms. The molecule has 2 heterocycles. The lowest BCUT2D eigenvalue weighted by molar-refractivity contribution is -0.130. The van der Waals surface area contributed by atoms with Gasteiger partial charge in [0.25, 0.3) is 5.91 Å². The number of tetrazole rings is 1. The van der Waals surface area contributed by atoms with Crippen LogP contribution in [0.5, 0.6) is 0 Å². The number of carbonyl (C=O) groups excluding carboxylic acids is 2. The Hall–Kier alpha value is -5.55. The number of rotatable bonds is 29. The van der Waals surface area contributed by atoms with E-state index in [0.717, 1.165) is 41.5 Å². The number of aliphatic hydroxyl groups is 10. The zero-order valence-corrected chi connectivity index (χ0v) is 38.5. The number of nitrogen functional groups attached to an aromatic ring is 2. The van der Waals surface area contributed by atoms with Crippen LogP contribution in [0.1, 0.15) is 72.0 Å². The highest BCUT2D eigenvalue weighted by atomic mass is 35.5. The number of aromatic nitrogens is 6. The summed E-state index contributed by atoms with van der Waals surface area (Å²) in [6, 6.07) is 15.4. The summed E-state index contributed by atoms with van der Waals surface area (Å²) in [7, 11) is 0. The summed E-state index contributed by atoms with van der Waals surface area (Å²) in [6.45, 7) is -2.04. The molecular formula is C43H64ClN13O12. The number of benzene rings is 2. The van der Waals surface area contributed by atoms with E-state index in [4.69, 9.17) is 38.7 Å². The van der Waals surface area contributed by atoms with Crippen molar-refractivity contribution < 1.29 is 60.7 Å². The third-order valence-electron chi connectivity index (χ3n) is 11.2. The topological polar surface area (TPSA) is 432 Å². The van der Waals surface area contributed by atoms with E-state index in [0.29, 0.717) is 38.1 Å². The molecule has 9 atom stereocenters. The quantitative estimate of drug-likeness (QED) is 0.0145. The minimum atomic E-state index is -1.91. The van der Waals surface area contributed by atoms with E-state index in [1.807, 2.05) is 36.4 Å². The molecule has 4 aromatic rings. The van der Waals surface area contributed by atoms with Gasteiger partial charge in [-0.25, -0.2) is 15.1 Å². The minimum Gasteiger partial charge on any atom is -0.394 e. The number of aryl methyl sites for hydroxylation is 2. The molecule has 9 unspecified atom stereocenters. The van der Waals surface area contributed by atoms with Crippen molar-refractivity contribution >= 4 is 41.0 Å². The molecule has 0 saturated carbocycles. The molecule has 2 aromatic carbocycles. The van der Waals surface area contributed by atoms with Crippen molar-refractivity contribution in [2.75, 3.05) is 50.9 Å². The summed E-state index contributed by atoms with van der Waals surface area (Å²) in [5.41, 5.74) is 15.1. The van der Waals surface area contributed by atoms with Crippen LogP contribution in [0.25, 0.3) is 11.1 Å². The summed E-state index contributed by atoms with van der Waals surface area (Å²) in [5, 5.41) is 130. The molecule has 0 aliphatic rings. The van der Waals surface area contributed by atoms with Gasteiger partial charge in [-0.1, -0.05) is 60.1 Å². The first-order valence-electron chi connectivity index (χ1n) is 22.2. The second-order valence-electron chi connectivity index (χ2n) is 16.5. The van der Waals surface area contributed by atoms with Crippen molar-refractivity contribution in [3.05, 3.63) is 76.3 Å². The largest absolute Gasteiger partial charge is 0.394 e. The average molecular weight is 991 g/mol. The zero-order valence-electron chi connectivity index (χ0n) is 37.7. The van der Waals surface area contributed by atoms with E-state index in [9.17, 15) is 50.4 Å². The van der Waals surface area contributed by atoms with Gasteiger partial charge in [0.05, 0.1) is 31.5 Å². The van der Waals surface area contributed by atoms with E-state index in [1.165, 1.54) is 4.90 Å². The van der Waals surface area contributed by atoms with Gasteiger partial charge in [0.1, 0.15) is 36.6 Å². The van der Waals surface area contributed by atoms with Gasteiger partial charge in [0.2, 0.25) is 5.91 Å². The monoisotopic (exact) mass is 989 g/mol. The SMILES string of the molecule is N=C(NCCCCc1ccc(-c2ccc(CCC(=O)NC(CCCCN(CC(O)C(O)C(O)C(O)CO)CC(O)C(O)C(O)C(O)CO)c3nnn[nH]3)cc2)cc1)NC(=O)c1nc(Cl)c(N)nc1N. The second kappa shape index (κ2) is 28.2. The first-order chi connectivity index (χ1) is 32.9. The summed E-state index contributed by atoms with van der Waals surface area (Å²) in [6.07, 6.45) is -10.5. The predicted molar refractivity (Wildman–Crippen MR) is 250 cm³/mol. The molecule has 26 heteroatoms. The number of hydrogen-bond acceptors (Lipinski definition) is 21. The fourth-order valence-corrected chi connectivity index (χ4v) is 7.28. The van der Waals surface area contributed by atoms with E-state index in [2.05, 4.69) is 58.7 Å². The van der Waals surface area contributed by atoms with E-state index in [1.54, 1.807) is 0 Å².